The molecule has 208 valence electrons. The summed E-state index contributed by atoms with van der Waals surface area (Å²) in [7, 11) is 0. The third-order valence-corrected chi connectivity index (χ3v) is 6.58. The predicted molar refractivity (Wildman–Crippen MR) is 142 cm³/mol. The molecule has 1 fully saturated rings. The van der Waals surface area contributed by atoms with Gasteiger partial charge in [-0.1, -0.05) is 6.07 Å². The monoisotopic (exact) mass is 539 g/mol. The molecule has 0 spiro atoms. The Hall–Kier alpha value is -4.26. The van der Waals surface area contributed by atoms with E-state index in [0.717, 1.165) is 10.5 Å². The fraction of sp³-hybridized carbons (Fsp3) is 0.462. The summed E-state index contributed by atoms with van der Waals surface area (Å²) in [6.07, 6.45) is 1.94. The Morgan fingerprint density at radius 2 is 2.00 bits per heavy atom. The van der Waals surface area contributed by atoms with E-state index in [4.69, 9.17) is 20.2 Å². The molecule has 4 rings (SSSR count). The molecule has 13 nitrogen and oxygen atoms in total. The first-order valence-corrected chi connectivity index (χ1v) is 12.8. The van der Waals surface area contributed by atoms with Crippen LogP contribution >= 0.6 is 0 Å². The lowest BCUT2D eigenvalue weighted by molar-refractivity contribution is -0.154. The van der Waals surface area contributed by atoms with E-state index in [0.29, 0.717) is 47.7 Å². The molecule has 0 radical (unpaired) electrons. The third-order valence-electron chi connectivity index (χ3n) is 6.58. The zero-order chi connectivity index (χ0) is 28.3. The van der Waals surface area contributed by atoms with Gasteiger partial charge in [0.05, 0.1) is 18.2 Å². The fourth-order valence-corrected chi connectivity index (χ4v) is 4.28. The summed E-state index contributed by atoms with van der Waals surface area (Å²) in [4.78, 5) is 60.5. The van der Waals surface area contributed by atoms with E-state index in [9.17, 15) is 19.2 Å². The van der Waals surface area contributed by atoms with Gasteiger partial charge in [0.25, 0.3) is 5.91 Å². The lowest BCUT2D eigenvalue weighted by Gasteiger charge is -2.26. The van der Waals surface area contributed by atoms with Crippen LogP contribution in [-0.2, 0) is 19.1 Å². The molecular formula is C26H33N7O6. The number of fused-ring (bicyclic) bond motifs is 1. The van der Waals surface area contributed by atoms with E-state index >= 15 is 0 Å². The molecular weight excluding hydrogens is 506 g/mol. The number of benzene rings is 1. The van der Waals surface area contributed by atoms with E-state index in [2.05, 4.69) is 15.7 Å². The number of carbonyl (C=O) groups is 4. The maximum atomic E-state index is 13.6. The SMILES string of the molecule is CCNC(=O)c1ccc(C)c(N=C2N=CNN3CC(C(=O)N(C(=O)OCOC(=O)C(C)N)C4CC4)C(C)=C23)c1. The molecule has 1 saturated carbocycles. The van der Waals surface area contributed by atoms with Crippen LogP contribution in [0.1, 0.15) is 49.5 Å². The number of carbonyl (C=O) groups excluding carboxylic acids is 4. The largest absolute Gasteiger partial charge is 0.427 e. The van der Waals surface area contributed by atoms with Crippen molar-refractivity contribution >= 4 is 41.7 Å². The molecule has 1 aliphatic carbocycles. The van der Waals surface area contributed by atoms with E-state index in [1.54, 1.807) is 24.1 Å². The first-order valence-electron chi connectivity index (χ1n) is 12.8. The van der Waals surface area contributed by atoms with Crippen LogP contribution in [-0.4, -0.2) is 77.9 Å². The molecule has 39 heavy (non-hydrogen) atoms. The van der Waals surface area contributed by atoms with Crippen LogP contribution in [0.2, 0.25) is 0 Å². The van der Waals surface area contributed by atoms with Gasteiger partial charge in [-0.15, -0.1) is 0 Å². The highest BCUT2D eigenvalue weighted by Crippen LogP contribution is 2.35. The Balaban J connectivity index is 1.56. The Bertz CT molecular complexity index is 1270. The normalized spacial score (nSPS) is 19.8. The van der Waals surface area contributed by atoms with Crippen molar-refractivity contribution in [2.24, 2.45) is 21.6 Å². The quantitative estimate of drug-likeness (QED) is 0.327. The molecule has 3 aliphatic rings. The third kappa shape index (κ3) is 6.08. The number of amides is 3. The Morgan fingerprint density at radius 1 is 1.26 bits per heavy atom. The summed E-state index contributed by atoms with van der Waals surface area (Å²) in [6.45, 7) is 7.11. The van der Waals surface area contributed by atoms with Crippen molar-refractivity contribution in [3.05, 3.63) is 40.6 Å². The molecule has 2 atom stereocenters. The smallest absolute Gasteiger partial charge is 0.419 e. The summed E-state index contributed by atoms with van der Waals surface area (Å²) in [5.41, 5.74) is 11.7. The lowest BCUT2D eigenvalue weighted by atomic mass is 10.0. The van der Waals surface area contributed by atoms with Crippen molar-refractivity contribution in [2.45, 2.75) is 52.6 Å². The second-order valence-corrected chi connectivity index (χ2v) is 9.60. The van der Waals surface area contributed by atoms with Crippen molar-refractivity contribution < 1.29 is 28.7 Å². The number of hydrogen-bond donors (Lipinski definition) is 3. The second kappa shape index (κ2) is 11.6. The summed E-state index contributed by atoms with van der Waals surface area (Å²) < 4.78 is 9.88. The molecule has 2 heterocycles. The first-order chi connectivity index (χ1) is 18.6. The van der Waals surface area contributed by atoms with Crippen LogP contribution < -0.4 is 16.5 Å². The van der Waals surface area contributed by atoms with Crippen LogP contribution in [0.3, 0.4) is 0 Å². The molecule has 1 aromatic rings. The lowest BCUT2D eigenvalue weighted by Crippen LogP contribution is -2.46. The number of nitrogens with one attached hydrogen (secondary N) is 2. The van der Waals surface area contributed by atoms with Crippen LogP contribution in [0, 0.1) is 12.8 Å². The second-order valence-electron chi connectivity index (χ2n) is 9.60. The van der Waals surface area contributed by atoms with Crippen molar-refractivity contribution in [1.82, 2.24) is 20.7 Å². The maximum absolute atomic E-state index is 13.6. The molecule has 2 unspecified atom stereocenters. The minimum Gasteiger partial charge on any atom is -0.427 e. The average Bonchev–Trinajstić information content (AvgIpc) is 3.67. The van der Waals surface area contributed by atoms with E-state index in [1.807, 2.05) is 19.9 Å². The van der Waals surface area contributed by atoms with Gasteiger partial charge in [0.2, 0.25) is 12.7 Å². The van der Waals surface area contributed by atoms with E-state index in [1.165, 1.54) is 13.3 Å². The fourth-order valence-electron chi connectivity index (χ4n) is 4.28. The molecule has 2 aliphatic heterocycles. The van der Waals surface area contributed by atoms with Crippen molar-refractivity contribution in [3.63, 3.8) is 0 Å². The van der Waals surface area contributed by atoms with Gasteiger partial charge in [-0.25, -0.2) is 19.7 Å². The highest BCUT2D eigenvalue weighted by molar-refractivity contribution is 6.07. The minimum absolute atomic E-state index is 0.198. The number of amidine groups is 1. The van der Waals surface area contributed by atoms with Gasteiger partial charge in [0, 0.05) is 18.2 Å². The van der Waals surface area contributed by atoms with Gasteiger partial charge < -0.3 is 20.5 Å². The van der Waals surface area contributed by atoms with Crippen molar-refractivity contribution in [2.75, 3.05) is 19.9 Å². The number of rotatable bonds is 8. The van der Waals surface area contributed by atoms with Gasteiger partial charge in [0.15, 0.2) is 5.84 Å². The molecule has 0 saturated heterocycles. The molecule has 1 aromatic carbocycles. The Morgan fingerprint density at radius 3 is 2.67 bits per heavy atom. The van der Waals surface area contributed by atoms with Crippen molar-refractivity contribution in [1.29, 1.82) is 0 Å². The summed E-state index contributed by atoms with van der Waals surface area (Å²) in [5, 5.41) is 4.53. The highest BCUT2D eigenvalue weighted by atomic mass is 16.7. The number of esters is 1. The summed E-state index contributed by atoms with van der Waals surface area (Å²) in [5.74, 6) is -1.63. The number of hydrazine groups is 1. The Kier molecular flexibility index (Phi) is 8.29. The topological polar surface area (TPSA) is 168 Å². The van der Waals surface area contributed by atoms with E-state index < -0.39 is 36.7 Å². The average molecular weight is 540 g/mol. The van der Waals surface area contributed by atoms with Gasteiger partial charge in [-0.3, -0.25) is 24.8 Å². The number of aliphatic imine (C=N–C) groups is 2. The highest BCUT2D eigenvalue weighted by Gasteiger charge is 2.45. The molecule has 0 aromatic heterocycles. The first kappa shape index (κ1) is 27.8. The van der Waals surface area contributed by atoms with Gasteiger partial charge >= 0.3 is 12.1 Å². The van der Waals surface area contributed by atoms with Crippen LogP contribution in [0.15, 0.2) is 39.5 Å². The molecule has 13 heteroatoms. The molecule has 3 amide bonds. The van der Waals surface area contributed by atoms with Gasteiger partial charge in [-0.05, 0) is 63.8 Å². The number of imide groups is 1. The number of ether oxygens (including phenoxy) is 2. The van der Waals surface area contributed by atoms with Crippen LogP contribution in [0.25, 0.3) is 0 Å². The summed E-state index contributed by atoms with van der Waals surface area (Å²) in [6, 6.07) is 4.12. The standard InChI is InChI=1S/C26H33N7O6/c1-5-28-23(34)17-7-6-14(2)20(10-17)31-22-21-15(3)19(11-32(21)30-12-29-22)24(35)33(18-8-9-18)26(37)39-13-38-25(36)16(4)27/h6-7,10,12,16,18-19H,5,8-9,11,13,27H2,1-4H3,(H,28,34)(H,29,30,31). The van der Waals surface area contributed by atoms with E-state index in [-0.39, 0.29) is 18.5 Å². The number of hydrogen-bond acceptors (Lipinski definition) is 10. The van der Waals surface area contributed by atoms with Gasteiger partial charge in [-0.2, -0.15) is 0 Å². The number of aryl methyl sites for hydroxylation is 1. The zero-order valence-corrected chi connectivity index (χ0v) is 22.4. The van der Waals surface area contributed by atoms with Crippen LogP contribution in [0.5, 0.6) is 0 Å². The van der Waals surface area contributed by atoms with Crippen LogP contribution in [0.4, 0.5) is 10.5 Å². The van der Waals surface area contributed by atoms with Crippen molar-refractivity contribution in [3.8, 4) is 0 Å². The zero-order valence-electron chi connectivity index (χ0n) is 22.4. The minimum atomic E-state index is -0.876. The summed E-state index contributed by atoms with van der Waals surface area (Å²) >= 11 is 0. The van der Waals surface area contributed by atoms with Gasteiger partial charge in [0.1, 0.15) is 18.1 Å². The maximum Gasteiger partial charge on any atom is 0.419 e. The molecule has 0 bridgehead atoms. The number of nitrogens with two attached hydrogens (primary N) is 1. The predicted octanol–water partition coefficient (Wildman–Crippen LogP) is 1.50. The number of nitrogens with zero attached hydrogens (tertiary/aromatic N) is 4. The Labute approximate surface area is 226 Å². The molecule has 4 N–H and O–H groups in total.